The van der Waals surface area contributed by atoms with Crippen LogP contribution in [-0.2, 0) is 34.3 Å². The van der Waals surface area contributed by atoms with Gasteiger partial charge in [-0.2, -0.15) is 52.7 Å². The second-order valence-electron chi connectivity index (χ2n) is 16.2. The zero-order valence-electron chi connectivity index (χ0n) is 35.1. The monoisotopic (exact) mass is 940 g/mol. The molecule has 2 aliphatic carbocycles. The lowest BCUT2D eigenvalue weighted by atomic mass is 9.75. The van der Waals surface area contributed by atoms with E-state index in [-0.39, 0.29) is 56.7 Å². The third-order valence-corrected chi connectivity index (χ3v) is 10.9. The molecule has 0 heterocycles. The van der Waals surface area contributed by atoms with Gasteiger partial charge in [0.2, 0.25) is 11.6 Å². The number of fused-ring (bicyclic) bond motifs is 2. The second-order valence-corrected chi connectivity index (χ2v) is 16.2. The van der Waals surface area contributed by atoms with Crippen LogP contribution in [0.4, 0.5) is 64.1 Å². The molecule has 0 aliphatic heterocycles. The van der Waals surface area contributed by atoms with Crippen LogP contribution in [0.15, 0.2) is 72.4 Å². The Hall–Kier alpha value is -6.86. The smallest absolute Gasteiger partial charge is 0.416 e. The van der Waals surface area contributed by atoms with Crippen molar-refractivity contribution < 1.29 is 82.7 Å². The molecule has 0 fully saturated rings. The minimum Gasteiger partial charge on any atom is -0.507 e. The zero-order chi connectivity index (χ0) is 49.5. The molecule has 6 N–H and O–H groups in total. The van der Waals surface area contributed by atoms with E-state index in [0.29, 0.717) is 36.7 Å². The van der Waals surface area contributed by atoms with Gasteiger partial charge in [-0.25, -0.2) is 0 Å². The lowest BCUT2D eigenvalue weighted by molar-refractivity contribution is -0.144. The Balaban J connectivity index is 1.62. The summed E-state index contributed by atoms with van der Waals surface area (Å²) in [5.74, 6) is -7.18. The Morgan fingerprint density at radius 3 is 0.970 bits per heavy atom. The van der Waals surface area contributed by atoms with Crippen molar-refractivity contribution in [3.8, 4) is 22.6 Å². The number of allylic oxidation sites excluding steroid dienone is 4. The first-order valence-electron chi connectivity index (χ1n) is 19.5. The first-order chi connectivity index (χ1) is 30.2. The molecule has 0 bridgehead atoms. The number of phenolic OH excluding ortho intramolecular Hbond substituents is 2. The number of benzene rings is 4. The van der Waals surface area contributed by atoms with Gasteiger partial charge in [0.05, 0.1) is 33.4 Å². The maximum atomic E-state index is 13.9. The molecule has 0 spiro atoms. The third-order valence-electron chi connectivity index (χ3n) is 10.9. The van der Waals surface area contributed by atoms with E-state index >= 15 is 0 Å². The molecule has 20 heteroatoms. The number of halogens is 12. The van der Waals surface area contributed by atoms with Crippen LogP contribution in [0, 0.1) is 25.7 Å². The molecule has 66 heavy (non-hydrogen) atoms. The zero-order valence-corrected chi connectivity index (χ0v) is 35.1. The van der Waals surface area contributed by atoms with Crippen LogP contribution in [0.5, 0.6) is 11.5 Å². The summed E-state index contributed by atoms with van der Waals surface area (Å²) >= 11 is 0. The van der Waals surface area contributed by atoms with Crippen molar-refractivity contribution in [2.24, 2.45) is 11.8 Å². The molecule has 8 nitrogen and oxygen atoms in total. The Morgan fingerprint density at radius 1 is 0.455 bits per heavy atom. The molecule has 6 rings (SSSR count). The lowest BCUT2D eigenvalue weighted by Gasteiger charge is -2.29. The number of alkyl halides is 12. The van der Waals surface area contributed by atoms with Crippen molar-refractivity contribution in [3.05, 3.63) is 128 Å². The normalized spacial score (nSPS) is 16.2. The van der Waals surface area contributed by atoms with Crippen LogP contribution in [-0.4, -0.2) is 32.0 Å². The van der Waals surface area contributed by atoms with Crippen molar-refractivity contribution in [1.29, 1.82) is 0 Å². The Morgan fingerprint density at radius 2 is 0.727 bits per heavy atom. The summed E-state index contributed by atoms with van der Waals surface area (Å²) in [6.07, 6.45) is -19.7. The highest BCUT2D eigenvalue weighted by Crippen LogP contribution is 2.54. The van der Waals surface area contributed by atoms with E-state index in [1.807, 2.05) is 0 Å². The highest BCUT2D eigenvalue weighted by molar-refractivity contribution is 6.35. The summed E-state index contributed by atoms with van der Waals surface area (Å²) < 4.78 is 164. The number of hydrogen-bond donors (Lipinski definition) is 6. The van der Waals surface area contributed by atoms with Crippen LogP contribution in [0.25, 0.3) is 33.4 Å². The summed E-state index contributed by atoms with van der Waals surface area (Å²) in [5.41, 5.74) is -11.0. The van der Waals surface area contributed by atoms with Crippen molar-refractivity contribution in [2.45, 2.75) is 66.2 Å². The molecule has 0 saturated heterocycles. The van der Waals surface area contributed by atoms with E-state index in [2.05, 4.69) is 10.6 Å². The van der Waals surface area contributed by atoms with E-state index in [4.69, 9.17) is 0 Å². The predicted octanol–water partition coefficient (Wildman–Crippen LogP) is 13.4. The molecule has 0 unspecified atom stereocenters. The van der Waals surface area contributed by atoms with Gasteiger partial charge in [-0.15, -0.1) is 0 Å². The molecular formula is C46H36F12N2O6. The van der Waals surface area contributed by atoms with Crippen molar-refractivity contribution in [1.82, 2.24) is 0 Å². The second kappa shape index (κ2) is 16.5. The largest absolute Gasteiger partial charge is 0.507 e. The SMILES string of the molecule is Cc1cc2c(c(O)c1-c1c(C)cc3c(c1O)/C(=C/Nc1cc(C(F)(F)F)cc(C(F)(F)F)c1)C(=O)C(O)=C3C(C)C)/C(=C/Nc1cc(C(F)(F)F)cc(C(F)(F)F)c1)C(=O)C(O)=C2C(C)C. The quantitative estimate of drug-likeness (QED) is 0.0795. The van der Waals surface area contributed by atoms with E-state index in [0.717, 1.165) is 0 Å². The van der Waals surface area contributed by atoms with Gasteiger partial charge in [0.1, 0.15) is 11.5 Å². The molecular weight excluding hydrogens is 904 g/mol. The Bertz CT molecular complexity index is 2600. The number of phenols is 2. The molecule has 0 saturated carbocycles. The van der Waals surface area contributed by atoms with E-state index in [1.165, 1.54) is 26.0 Å². The van der Waals surface area contributed by atoms with Gasteiger partial charge in [0, 0.05) is 57.2 Å². The average Bonchev–Trinajstić information content (AvgIpc) is 3.18. The molecule has 0 aromatic heterocycles. The van der Waals surface area contributed by atoms with E-state index < -0.39 is 127 Å². The summed E-state index contributed by atoms with van der Waals surface area (Å²) in [5, 5.41) is 51.3. The number of ketones is 2. The maximum absolute atomic E-state index is 13.9. The molecule has 4 aromatic carbocycles. The number of Topliss-reactive ketones (excluding diaryl/α,β-unsaturated/α-hetero) is 2. The number of rotatable bonds is 7. The molecule has 0 amide bonds. The number of carbonyl (C=O) groups excluding carboxylic acids is 2. The van der Waals surface area contributed by atoms with Gasteiger partial charge in [-0.05, 0) is 84.3 Å². The van der Waals surface area contributed by atoms with Gasteiger partial charge in [-0.3, -0.25) is 9.59 Å². The number of nitrogens with one attached hydrogen (secondary N) is 2. The third kappa shape index (κ3) is 8.79. The fourth-order valence-corrected chi connectivity index (χ4v) is 8.02. The minimum absolute atomic E-state index is 0.0155. The van der Waals surface area contributed by atoms with Gasteiger partial charge in [-0.1, -0.05) is 39.8 Å². The van der Waals surface area contributed by atoms with Crippen LogP contribution < -0.4 is 10.6 Å². The molecule has 2 aliphatic rings. The average molecular weight is 941 g/mol. The Labute approximate surface area is 366 Å². The summed E-state index contributed by atoms with van der Waals surface area (Å²) in [7, 11) is 0. The number of aliphatic hydroxyl groups is 2. The maximum Gasteiger partial charge on any atom is 0.416 e. The van der Waals surface area contributed by atoms with Crippen molar-refractivity contribution in [3.63, 3.8) is 0 Å². The fraction of sp³-hybridized carbons (Fsp3) is 0.261. The number of aryl methyl sites for hydroxylation is 2. The fourth-order valence-electron chi connectivity index (χ4n) is 8.02. The Kier molecular flexibility index (Phi) is 12.2. The van der Waals surface area contributed by atoms with Gasteiger partial charge in [0.25, 0.3) is 0 Å². The molecule has 350 valence electrons. The van der Waals surface area contributed by atoms with Crippen molar-refractivity contribution in [2.75, 3.05) is 10.6 Å². The minimum atomic E-state index is -5.25. The van der Waals surface area contributed by atoms with Crippen LogP contribution in [0.1, 0.15) is 83.3 Å². The first-order valence-corrected chi connectivity index (χ1v) is 19.5. The van der Waals surface area contributed by atoms with Gasteiger partial charge < -0.3 is 31.1 Å². The summed E-state index contributed by atoms with van der Waals surface area (Å²) in [4.78, 5) is 27.8. The predicted molar refractivity (Wildman–Crippen MR) is 220 cm³/mol. The van der Waals surface area contributed by atoms with E-state index in [9.17, 15) is 82.7 Å². The van der Waals surface area contributed by atoms with Crippen LogP contribution in [0.2, 0.25) is 0 Å². The summed E-state index contributed by atoms with van der Waals surface area (Å²) in [6.45, 7) is 9.09. The standard InChI is InChI=1S/C46H36F12N2O6/c1-17(2)31-27-7-19(5)33(39(63)35(27)29(37(61)41(31)65)15-59-25-11-21(43(47,48)49)9-22(12-25)44(50,51)52)34-20(6)8-28-32(18(3)4)42(66)38(62)30(36(28)40(34)64)16-60-26-13-23(45(53,54)55)10-24(14-26)46(56,57)58/h7-18,59-60,63-66H,1-6H3/b29-15-,30-16-. The summed E-state index contributed by atoms with van der Waals surface area (Å²) in [6, 6.07) is 3.77. The van der Waals surface area contributed by atoms with Gasteiger partial charge >= 0.3 is 24.7 Å². The molecule has 0 radical (unpaired) electrons. The highest BCUT2D eigenvalue weighted by atomic mass is 19.4. The molecule has 0 atom stereocenters. The lowest BCUT2D eigenvalue weighted by Crippen LogP contribution is -2.20. The number of aliphatic hydroxyl groups excluding tert-OH is 2. The van der Waals surface area contributed by atoms with Crippen LogP contribution >= 0.6 is 0 Å². The topological polar surface area (TPSA) is 139 Å². The van der Waals surface area contributed by atoms with Gasteiger partial charge in [0.15, 0.2) is 11.5 Å². The first kappa shape index (κ1) is 48.6. The number of anilines is 2. The highest BCUT2D eigenvalue weighted by Gasteiger charge is 2.41. The number of aromatic hydroxyl groups is 2. The van der Waals surface area contributed by atoms with E-state index in [1.54, 1.807) is 27.7 Å². The van der Waals surface area contributed by atoms with Crippen LogP contribution in [0.3, 0.4) is 0 Å². The number of carbonyl (C=O) groups is 2. The molecule has 4 aromatic rings. The van der Waals surface area contributed by atoms with Crippen molar-refractivity contribution >= 4 is 45.2 Å². The number of hydrogen-bond acceptors (Lipinski definition) is 8.